The number of aryl methyl sites for hydroxylation is 1. The van der Waals surface area contributed by atoms with Crippen LogP contribution in [0.15, 0.2) is 24.3 Å². The molecule has 4 nitrogen and oxygen atoms in total. The number of benzene rings is 1. The van der Waals surface area contributed by atoms with Gasteiger partial charge in [0.2, 0.25) is 0 Å². The summed E-state index contributed by atoms with van der Waals surface area (Å²) in [7, 11) is 0. The topological polar surface area (TPSA) is 68.3 Å². The molecule has 1 aromatic rings. The number of ketones is 4. The van der Waals surface area contributed by atoms with E-state index in [9.17, 15) is 19.2 Å². The molecule has 3 saturated carbocycles. The van der Waals surface area contributed by atoms with Gasteiger partial charge in [-0.15, -0.1) is 0 Å². The highest BCUT2D eigenvalue weighted by atomic mass is 16.1. The fourth-order valence-electron chi connectivity index (χ4n) is 5.51. The molecular formula is C34H54O4. The minimum absolute atomic E-state index is 0.125. The Morgan fingerprint density at radius 1 is 0.605 bits per heavy atom. The zero-order valence-corrected chi connectivity index (χ0v) is 25.0. The van der Waals surface area contributed by atoms with Gasteiger partial charge in [0, 0.05) is 23.8 Å². The smallest absolute Gasteiger partial charge is 0.159 e. The third-order valence-corrected chi connectivity index (χ3v) is 8.20. The van der Waals surface area contributed by atoms with E-state index in [-0.39, 0.29) is 5.78 Å². The highest BCUT2D eigenvalue weighted by Gasteiger charge is 2.18. The van der Waals surface area contributed by atoms with E-state index in [0.29, 0.717) is 29.2 Å². The number of carbonyl (C=O) groups is 4. The first-order valence-electron chi connectivity index (χ1n) is 15.2. The van der Waals surface area contributed by atoms with E-state index < -0.39 is 0 Å². The summed E-state index contributed by atoms with van der Waals surface area (Å²) in [5, 5.41) is 0. The molecule has 1 aromatic carbocycles. The van der Waals surface area contributed by atoms with Gasteiger partial charge >= 0.3 is 0 Å². The second kappa shape index (κ2) is 19.9. The Hall–Kier alpha value is -2.10. The third-order valence-electron chi connectivity index (χ3n) is 8.20. The van der Waals surface area contributed by atoms with Gasteiger partial charge in [-0.1, -0.05) is 94.0 Å². The molecule has 0 amide bonds. The van der Waals surface area contributed by atoms with Crippen molar-refractivity contribution in [3.05, 3.63) is 35.4 Å². The molecule has 0 radical (unpaired) electrons. The fourth-order valence-corrected chi connectivity index (χ4v) is 5.51. The van der Waals surface area contributed by atoms with Crippen LogP contribution in [-0.4, -0.2) is 23.1 Å². The first kappa shape index (κ1) is 33.9. The van der Waals surface area contributed by atoms with E-state index in [1.165, 1.54) is 69.8 Å². The van der Waals surface area contributed by atoms with Gasteiger partial charge in [0.1, 0.15) is 17.3 Å². The third kappa shape index (κ3) is 16.0. The summed E-state index contributed by atoms with van der Waals surface area (Å²) in [5.74, 6) is 2.98. The molecule has 214 valence electrons. The first-order chi connectivity index (χ1) is 18.1. The molecule has 3 fully saturated rings. The quantitative estimate of drug-likeness (QED) is 0.347. The average molecular weight is 527 g/mol. The molecular weight excluding hydrogens is 472 g/mol. The molecule has 0 spiro atoms. The molecule has 0 unspecified atom stereocenters. The van der Waals surface area contributed by atoms with Crippen molar-refractivity contribution in [2.75, 3.05) is 0 Å². The first-order valence-corrected chi connectivity index (χ1v) is 15.2. The second-order valence-corrected chi connectivity index (χ2v) is 11.7. The van der Waals surface area contributed by atoms with Crippen molar-refractivity contribution >= 4 is 23.1 Å². The molecule has 38 heavy (non-hydrogen) atoms. The van der Waals surface area contributed by atoms with Crippen molar-refractivity contribution in [1.29, 1.82) is 0 Å². The van der Waals surface area contributed by atoms with Crippen LogP contribution in [0.2, 0.25) is 0 Å². The lowest BCUT2D eigenvalue weighted by atomic mass is 9.86. The van der Waals surface area contributed by atoms with Crippen LogP contribution in [-0.2, 0) is 14.4 Å². The molecule has 4 heteroatoms. The van der Waals surface area contributed by atoms with Gasteiger partial charge in [-0.2, -0.15) is 0 Å². The average Bonchev–Trinajstić information content (AvgIpc) is 3.46. The van der Waals surface area contributed by atoms with Crippen LogP contribution >= 0.6 is 0 Å². The van der Waals surface area contributed by atoms with E-state index in [1.807, 2.05) is 31.2 Å². The predicted molar refractivity (Wildman–Crippen MR) is 158 cm³/mol. The maximum Gasteiger partial charge on any atom is 0.159 e. The van der Waals surface area contributed by atoms with Crippen molar-refractivity contribution in [2.45, 2.75) is 137 Å². The van der Waals surface area contributed by atoms with Gasteiger partial charge in [-0.25, -0.2) is 0 Å². The van der Waals surface area contributed by atoms with Crippen LogP contribution in [0.25, 0.3) is 0 Å². The molecule has 0 atom stereocenters. The molecule has 0 aromatic heterocycles. The Morgan fingerprint density at radius 2 is 1.00 bits per heavy atom. The standard InChI is InChI=1S/C10H18O.C9H10O.C8H14O.C7H12O/c1-9(11)7-8-10-5-3-2-4-6-10;1-7-3-5-9(6-4-7)8(2)10;1-7(9)8-5-3-2-4-6-8;1-6(8)7-4-2-3-5-7/h10H,2-8H2,1H3;3-6H,1-2H3;8H,2-6H2,1H3;7H,2-5H2,1H3. The van der Waals surface area contributed by atoms with Gasteiger partial charge in [-0.05, 0) is 72.6 Å². The summed E-state index contributed by atoms with van der Waals surface area (Å²) in [6.45, 7) is 8.70. The Kier molecular flexibility index (Phi) is 17.8. The van der Waals surface area contributed by atoms with Gasteiger partial charge in [0.25, 0.3) is 0 Å². The zero-order chi connectivity index (χ0) is 28.3. The van der Waals surface area contributed by atoms with Crippen LogP contribution < -0.4 is 0 Å². The summed E-state index contributed by atoms with van der Waals surface area (Å²) in [6.07, 6.45) is 19.9. The van der Waals surface area contributed by atoms with Crippen molar-refractivity contribution < 1.29 is 19.2 Å². The van der Waals surface area contributed by atoms with Gasteiger partial charge < -0.3 is 4.79 Å². The number of carbonyl (C=O) groups excluding carboxylic acids is 4. The van der Waals surface area contributed by atoms with E-state index in [4.69, 9.17) is 0 Å². The lowest BCUT2D eigenvalue weighted by molar-refractivity contribution is -0.122. The van der Waals surface area contributed by atoms with E-state index in [0.717, 1.165) is 50.0 Å². The summed E-state index contributed by atoms with van der Waals surface area (Å²) in [6, 6.07) is 7.57. The molecule has 0 N–H and O–H groups in total. The van der Waals surface area contributed by atoms with Crippen molar-refractivity contribution in [2.24, 2.45) is 17.8 Å². The molecule has 4 rings (SSSR count). The van der Waals surface area contributed by atoms with Crippen LogP contribution in [0.4, 0.5) is 0 Å². The lowest BCUT2D eigenvalue weighted by Crippen LogP contribution is -2.13. The van der Waals surface area contributed by atoms with Crippen LogP contribution in [0, 0.1) is 24.7 Å². The van der Waals surface area contributed by atoms with Crippen LogP contribution in [0.3, 0.4) is 0 Å². The number of Topliss-reactive ketones (excluding diaryl/α,β-unsaturated/α-hetero) is 4. The normalized spacial score (nSPS) is 18.0. The predicted octanol–water partition coefficient (Wildman–Crippen LogP) is 9.05. The van der Waals surface area contributed by atoms with Gasteiger partial charge in [0.05, 0.1) is 0 Å². The number of hydrogen-bond acceptors (Lipinski definition) is 4. The number of rotatable bonds is 6. The monoisotopic (exact) mass is 526 g/mol. The Bertz CT molecular complexity index is 821. The summed E-state index contributed by atoms with van der Waals surface area (Å²) < 4.78 is 0. The largest absolute Gasteiger partial charge is 0.300 e. The number of hydrogen-bond donors (Lipinski definition) is 0. The fraction of sp³-hybridized carbons (Fsp3) is 0.706. The SMILES string of the molecule is CC(=O)C1CCCC1.CC(=O)C1CCCCC1.CC(=O)CCC1CCCCC1.CC(=O)c1ccc(C)cc1. The minimum Gasteiger partial charge on any atom is -0.300 e. The Balaban J connectivity index is 0.000000255. The van der Waals surface area contributed by atoms with Gasteiger partial charge in [-0.3, -0.25) is 14.4 Å². The lowest BCUT2D eigenvalue weighted by Gasteiger charge is -2.20. The highest BCUT2D eigenvalue weighted by molar-refractivity contribution is 5.94. The summed E-state index contributed by atoms with van der Waals surface area (Å²) in [5.41, 5.74) is 1.97. The molecule has 3 aliphatic carbocycles. The van der Waals surface area contributed by atoms with E-state index >= 15 is 0 Å². The molecule has 0 bridgehead atoms. The maximum absolute atomic E-state index is 10.8. The maximum atomic E-state index is 10.8. The van der Waals surface area contributed by atoms with E-state index in [1.54, 1.807) is 27.7 Å². The van der Waals surface area contributed by atoms with Gasteiger partial charge in [0.15, 0.2) is 5.78 Å². The molecule has 0 saturated heterocycles. The van der Waals surface area contributed by atoms with Crippen LogP contribution in [0.5, 0.6) is 0 Å². The molecule has 0 aliphatic heterocycles. The molecule has 3 aliphatic rings. The Morgan fingerprint density at radius 3 is 1.34 bits per heavy atom. The summed E-state index contributed by atoms with van der Waals surface area (Å²) >= 11 is 0. The highest BCUT2D eigenvalue weighted by Crippen LogP contribution is 2.27. The molecule has 0 heterocycles. The summed E-state index contributed by atoms with van der Waals surface area (Å²) in [4.78, 5) is 42.9. The van der Waals surface area contributed by atoms with Crippen LogP contribution in [0.1, 0.15) is 146 Å². The Labute approximate surface area is 232 Å². The zero-order valence-electron chi connectivity index (χ0n) is 25.0. The van der Waals surface area contributed by atoms with Crippen molar-refractivity contribution in [1.82, 2.24) is 0 Å². The van der Waals surface area contributed by atoms with Crippen molar-refractivity contribution in [3.63, 3.8) is 0 Å². The second-order valence-electron chi connectivity index (χ2n) is 11.7. The minimum atomic E-state index is 0.125. The van der Waals surface area contributed by atoms with E-state index in [2.05, 4.69) is 0 Å². The van der Waals surface area contributed by atoms with Crippen molar-refractivity contribution in [3.8, 4) is 0 Å².